The summed E-state index contributed by atoms with van der Waals surface area (Å²) in [6, 6.07) is 11.5. The lowest BCUT2D eigenvalue weighted by molar-refractivity contribution is -0.0498. The van der Waals surface area contributed by atoms with Crippen molar-refractivity contribution in [3.05, 3.63) is 59.9 Å². The molecule has 11 heteroatoms. The van der Waals surface area contributed by atoms with Crippen molar-refractivity contribution in [3.8, 4) is 11.4 Å². The van der Waals surface area contributed by atoms with E-state index in [1.165, 1.54) is 53.2 Å². The summed E-state index contributed by atoms with van der Waals surface area (Å²) in [6.45, 7) is -1.10. The lowest BCUT2D eigenvalue weighted by Crippen LogP contribution is -2.15. The van der Waals surface area contributed by atoms with Crippen molar-refractivity contribution in [1.29, 1.82) is 0 Å². The van der Waals surface area contributed by atoms with E-state index >= 15 is 0 Å². The van der Waals surface area contributed by atoms with Gasteiger partial charge in [0.25, 0.3) is 5.91 Å². The second-order valence-electron chi connectivity index (χ2n) is 6.27. The molecule has 1 amide bonds. The number of sulfone groups is 1. The molecule has 158 valence electrons. The van der Waals surface area contributed by atoms with Gasteiger partial charge >= 0.3 is 6.61 Å². The standard InChI is InChI=1S/C19H18F2N4O4S/c1-3-16-17(18(26)22-12-4-10-15(11-5-12)30(2,27)28)23-24-25(16)13-6-8-14(9-7-13)29-19(20)21/h4-11,19H,3H2,1-2H3,(H,22,26). The molecule has 0 bridgehead atoms. The maximum atomic E-state index is 12.6. The molecule has 0 unspecified atom stereocenters. The van der Waals surface area contributed by atoms with Crippen LogP contribution in [0.15, 0.2) is 53.4 Å². The van der Waals surface area contributed by atoms with Crippen molar-refractivity contribution in [3.63, 3.8) is 0 Å². The highest BCUT2D eigenvalue weighted by Gasteiger charge is 2.20. The number of carbonyl (C=O) groups is 1. The topological polar surface area (TPSA) is 103 Å². The lowest BCUT2D eigenvalue weighted by atomic mass is 10.2. The van der Waals surface area contributed by atoms with Crippen molar-refractivity contribution >= 4 is 21.4 Å². The van der Waals surface area contributed by atoms with Gasteiger partial charge in [-0.3, -0.25) is 4.79 Å². The van der Waals surface area contributed by atoms with Gasteiger partial charge in [-0.1, -0.05) is 12.1 Å². The number of hydrogen-bond acceptors (Lipinski definition) is 6. The number of alkyl halides is 2. The van der Waals surface area contributed by atoms with Crippen LogP contribution in [0.3, 0.4) is 0 Å². The summed E-state index contributed by atoms with van der Waals surface area (Å²) in [6.07, 6.45) is 1.52. The van der Waals surface area contributed by atoms with Gasteiger partial charge < -0.3 is 10.1 Å². The van der Waals surface area contributed by atoms with Crippen LogP contribution in [-0.2, 0) is 16.3 Å². The largest absolute Gasteiger partial charge is 0.435 e. The number of rotatable bonds is 7. The van der Waals surface area contributed by atoms with Crippen LogP contribution in [0.2, 0.25) is 0 Å². The Morgan fingerprint density at radius 2 is 1.77 bits per heavy atom. The highest BCUT2D eigenvalue weighted by atomic mass is 32.2. The van der Waals surface area contributed by atoms with Crippen LogP contribution >= 0.6 is 0 Å². The minimum Gasteiger partial charge on any atom is -0.435 e. The van der Waals surface area contributed by atoms with E-state index in [0.717, 1.165) is 6.26 Å². The fourth-order valence-electron chi connectivity index (χ4n) is 2.75. The SMILES string of the molecule is CCc1c(C(=O)Nc2ccc(S(C)(=O)=O)cc2)nnn1-c1ccc(OC(F)F)cc1. The Kier molecular flexibility index (Phi) is 6.11. The normalized spacial score (nSPS) is 11.5. The Morgan fingerprint density at radius 1 is 1.13 bits per heavy atom. The molecule has 0 saturated heterocycles. The van der Waals surface area contributed by atoms with Gasteiger partial charge in [-0.25, -0.2) is 13.1 Å². The van der Waals surface area contributed by atoms with Gasteiger partial charge in [-0.2, -0.15) is 8.78 Å². The predicted octanol–water partition coefficient (Wildman–Crippen LogP) is 3.09. The number of anilines is 1. The molecule has 1 N–H and O–H groups in total. The van der Waals surface area contributed by atoms with Crippen LogP contribution in [0, 0.1) is 0 Å². The predicted molar refractivity (Wildman–Crippen MR) is 105 cm³/mol. The summed E-state index contributed by atoms with van der Waals surface area (Å²) in [5.74, 6) is -0.509. The van der Waals surface area contributed by atoms with Gasteiger partial charge in [-0.05, 0) is 55.0 Å². The quantitative estimate of drug-likeness (QED) is 0.611. The van der Waals surface area contributed by atoms with Gasteiger partial charge in [0.1, 0.15) is 5.75 Å². The van der Waals surface area contributed by atoms with Gasteiger partial charge in [0.15, 0.2) is 15.5 Å². The maximum absolute atomic E-state index is 12.6. The molecule has 2 aromatic carbocycles. The fraction of sp³-hybridized carbons (Fsp3) is 0.211. The monoisotopic (exact) mass is 436 g/mol. The number of benzene rings is 2. The van der Waals surface area contributed by atoms with E-state index in [1.54, 1.807) is 0 Å². The van der Waals surface area contributed by atoms with Crippen molar-refractivity contribution in [1.82, 2.24) is 15.0 Å². The van der Waals surface area contributed by atoms with Crippen LogP contribution in [0.5, 0.6) is 5.75 Å². The first-order valence-corrected chi connectivity index (χ1v) is 10.7. The molecule has 0 aliphatic carbocycles. The summed E-state index contributed by atoms with van der Waals surface area (Å²) < 4.78 is 53.4. The second-order valence-corrected chi connectivity index (χ2v) is 8.29. The molecule has 0 fully saturated rings. The van der Waals surface area contributed by atoms with Crippen LogP contribution in [0.4, 0.5) is 14.5 Å². The third-order valence-electron chi connectivity index (χ3n) is 4.16. The van der Waals surface area contributed by atoms with Gasteiger partial charge in [0.05, 0.1) is 16.3 Å². The number of aromatic nitrogens is 3. The summed E-state index contributed by atoms with van der Waals surface area (Å²) >= 11 is 0. The summed E-state index contributed by atoms with van der Waals surface area (Å²) in [4.78, 5) is 12.8. The average molecular weight is 436 g/mol. The zero-order chi connectivity index (χ0) is 21.9. The van der Waals surface area contributed by atoms with Crippen LogP contribution in [-0.4, -0.2) is 42.2 Å². The zero-order valence-corrected chi connectivity index (χ0v) is 16.9. The highest BCUT2D eigenvalue weighted by Crippen LogP contribution is 2.20. The molecule has 8 nitrogen and oxygen atoms in total. The molecule has 3 rings (SSSR count). The molecular weight excluding hydrogens is 418 g/mol. The number of hydrogen-bond donors (Lipinski definition) is 1. The first-order valence-electron chi connectivity index (χ1n) is 8.80. The summed E-state index contributed by atoms with van der Waals surface area (Å²) in [7, 11) is -3.34. The minimum atomic E-state index is -3.34. The second kappa shape index (κ2) is 8.57. The molecule has 0 saturated carbocycles. The van der Waals surface area contributed by atoms with Gasteiger partial charge in [-0.15, -0.1) is 5.10 Å². The van der Waals surface area contributed by atoms with Crippen LogP contribution in [0.25, 0.3) is 5.69 Å². The Bertz CT molecular complexity index is 1140. The maximum Gasteiger partial charge on any atom is 0.387 e. The number of amides is 1. The minimum absolute atomic E-state index is 0.00224. The zero-order valence-electron chi connectivity index (χ0n) is 16.0. The molecule has 0 radical (unpaired) electrons. The number of halogens is 2. The van der Waals surface area contributed by atoms with Crippen molar-refractivity contribution < 1.29 is 26.7 Å². The Hall–Kier alpha value is -3.34. The van der Waals surface area contributed by atoms with Crippen LogP contribution < -0.4 is 10.1 Å². The number of ether oxygens (including phenoxy) is 1. The van der Waals surface area contributed by atoms with Crippen LogP contribution in [0.1, 0.15) is 23.1 Å². The number of nitrogens with one attached hydrogen (secondary N) is 1. The van der Waals surface area contributed by atoms with Gasteiger partial charge in [0.2, 0.25) is 0 Å². The number of nitrogens with zero attached hydrogens (tertiary/aromatic N) is 3. The molecule has 3 aromatic rings. The van der Waals surface area contributed by atoms with E-state index in [9.17, 15) is 22.0 Å². The highest BCUT2D eigenvalue weighted by molar-refractivity contribution is 7.90. The first kappa shape index (κ1) is 21.4. The van der Waals surface area contributed by atoms with Gasteiger partial charge in [0, 0.05) is 11.9 Å². The van der Waals surface area contributed by atoms with Crippen molar-refractivity contribution in [2.24, 2.45) is 0 Å². The molecule has 30 heavy (non-hydrogen) atoms. The smallest absolute Gasteiger partial charge is 0.387 e. The summed E-state index contributed by atoms with van der Waals surface area (Å²) in [5, 5.41) is 10.6. The third kappa shape index (κ3) is 4.79. The molecule has 0 aliphatic rings. The molecule has 0 atom stereocenters. The van der Waals surface area contributed by atoms with E-state index in [-0.39, 0.29) is 16.3 Å². The Labute approximate surface area is 171 Å². The molecular formula is C19H18F2N4O4S. The van der Waals surface area contributed by atoms with E-state index in [1.807, 2.05) is 6.92 Å². The third-order valence-corrected chi connectivity index (χ3v) is 5.29. The van der Waals surface area contributed by atoms with E-state index in [0.29, 0.717) is 23.5 Å². The van der Waals surface area contributed by atoms with Crippen molar-refractivity contribution in [2.45, 2.75) is 24.9 Å². The first-order chi connectivity index (χ1) is 14.2. The molecule has 1 heterocycles. The number of carbonyl (C=O) groups excluding carboxylic acids is 1. The summed E-state index contributed by atoms with van der Waals surface area (Å²) in [5.41, 5.74) is 1.54. The van der Waals surface area contributed by atoms with Crippen molar-refractivity contribution in [2.75, 3.05) is 11.6 Å². The molecule has 1 aromatic heterocycles. The van der Waals surface area contributed by atoms with E-state index in [4.69, 9.17) is 0 Å². The Morgan fingerprint density at radius 3 is 2.30 bits per heavy atom. The molecule has 0 spiro atoms. The molecule has 0 aliphatic heterocycles. The average Bonchev–Trinajstić information content (AvgIpc) is 3.12. The van der Waals surface area contributed by atoms with E-state index < -0.39 is 22.4 Å². The lowest BCUT2D eigenvalue weighted by Gasteiger charge is -2.09. The fourth-order valence-corrected chi connectivity index (χ4v) is 3.38. The Balaban J connectivity index is 1.82. The van der Waals surface area contributed by atoms with E-state index in [2.05, 4.69) is 20.4 Å².